The van der Waals surface area contributed by atoms with Crippen molar-refractivity contribution < 1.29 is 18.3 Å². The predicted molar refractivity (Wildman–Crippen MR) is 119 cm³/mol. The summed E-state index contributed by atoms with van der Waals surface area (Å²) in [5.74, 6) is -1.65. The first kappa shape index (κ1) is 22.2. The molecular weight excluding hydrogens is 436 g/mol. The minimum atomic E-state index is -1.02. The minimum Gasteiger partial charge on any atom is -0.378 e. The number of morpholine rings is 1. The van der Waals surface area contributed by atoms with Gasteiger partial charge < -0.3 is 15.0 Å². The Morgan fingerprint density at radius 3 is 2.50 bits per heavy atom. The third kappa shape index (κ3) is 4.91. The Kier molecular flexibility index (Phi) is 6.71. The number of nitrogens with one attached hydrogen (secondary N) is 1. The van der Waals surface area contributed by atoms with Gasteiger partial charge in [0, 0.05) is 24.8 Å². The molecule has 3 aromatic rings. The first-order chi connectivity index (χ1) is 15.4. The highest BCUT2D eigenvalue weighted by Gasteiger charge is 2.25. The van der Waals surface area contributed by atoms with Crippen LogP contribution in [0.5, 0.6) is 0 Å². The molecule has 0 spiro atoms. The Labute approximate surface area is 188 Å². The molecule has 10 heteroatoms. The lowest BCUT2D eigenvalue weighted by Gasteiger charge is -2.28. The Hall–Kier alpha value is -2.98. The van der Waals surface area contributed by atoms with Gasteiger partial charge in [0.1, 0.15) is 0 Å². The molecule has 1 atom stereocenters. The summed E-state index contributed by atoms with van der Waals surface area (Å²) in [4.78, 5) is 14.8. The van der Waals surface area contributed by atoms with Crippen molar-refractivity contribution in [1.29, 1.82) is 0 Å². The van der Waals surface area contributed by atoms with E-state index in [1.165, 1.54) is 17.8 Å². The Balaban J connectivity index is 1.58. The van der Waals surface area contributed by atoms with E-state index in [1.807, 2.05) is 35.8 Å². The maximum atomic E-state index is 13.5. The maximum absolute atomic E-state index is 13.5. The highest BCUT2D eigenvalue weighted by Crippen LogP contribution is 2.30. The van der Waals surface area contributed by atoms with Gasteiger partial charge in [-0.1, -0.05) is 29.5 Å². The van der Waals surface area contributed by atoms with Gasteiger partial charge in [-0.25, -0.2) is 8.78 Å². The van der Waals surface area contributed by atoms with Crippen molar-refractivity contribution in [2.45, 2.75) is 24.3 Å². The number of anilines is 2. The van der Waals surface area contributed by atoms with Crippen molar-refractivity contribution in [3.63, 3.8) is 0 Å². The Morgan fingerprint density at radius 1 is 1.09 bits per heavy atom. The summed E-state index contributed by atoms with van der Waals surface area (Å²) in [5.41, 5.74) is 2.20. The molecule has 0 aliphatic carbocycles. The van der Waals surface area contributed by atoms with E-state index in [0.717, 1.165) is 23.4 Å². The fourth-order valence-corrected chi connectivity index (χ4v) is 4.12. The topological polar surface area (TPSA) is 72.3 Å². The molecule has 1 unspecified atom stereocenters. The van der Waals surface area contributed by atoms with Crippen molar-refractivity contribution in [2.24, 2.45) is 0 Å². The summed E-state index contributed by atoms with van der Waals surface area (Å²) in [6.45, 7) is 6.34. The van der Waals surface area contributed by atoms with E-state index in [2.05, 4.69) is 20.4 Å². The standard InChI is InChI=1S/C22H23F2N5O2S/c1-14-3-6-17(7-4-14)29-21(28-9-11-31-12-10-28)26-27-22(29)32-15(2)20(30)25-16-5-8-18(23)19(24)13-16/h3-8,13,15H,9-12H2,1-2H3,(H,25,30). The fraction of sp³-hybridized carbons (Fsp3) is 0.318. The van der Waals surface area contributed by atoms with Crippen LogP contribution in [-0.4, -0.2) is 52.2 Å². The second-order valence-electron chi connectivity index (χ2n) is 7.43. The van der Waals surface area contributed by atoms with Gasteiger partial charge in [-0.2, -0.15) is 0 Å². The van der Waals surface area contributed by atoms with E-state index in [4.69, 9.17) is 4.74 Å². The molecule has 2 aromatic carbocycles. The minimum absolute atomic E-state index is 0.190. The second-order valence-corrected chi connectivity index (χ2v) is 8.74. The third-order valence-corrected chi connectivity index (χ3v) is 6.08. The van der Waals surface area contributed by atoms with Gasteiger partial charge in [0.15, 0.2) is 16.8 Å². The normalized spacial score (nSPS) is 14.9. The summed E-state index contributed by atoms with van der Waals surface area (Å²) in [7, 11) is 0. The molecule has 0 saturated carbocycles. The average Bonchev–Trinajstić information content (AvgIpc) is 3.21. The molecule has 1 aliphatic rings. The van der Waals surface area contributed by atoms with Gasteiger partial charge in [-0.15, -0.1) is 10.2 Å². The largest absolute Gasteiger partial charge is 0.378 e. The number of ether oxygens (including phenoxy) is 1. The number of amides is 1. The van der Waals surface area contributed by atoms with Crippen LogP contribution in [0.15, 0.2) is 47.6 Å². The highest BCUT2D eigenvalue weighted by molar-refractivity contribution is 8.00. The molecule has 1 N–H and O–H groups in total. The number of hydrogen-bond donors (Lipinski definition) is 1. The number of benzene rings is 2. The van der Waals surface area contributed by atoms with E-state index in [-0.39, 0.29) is 11.6 Å². The molecule has 1 saturated heterocycles. The molecular formula is C22H23F2N5O2S. The van der Waals surface area contributed by atoms with Crippen LogP contribution in [0.1, 0.15) is 12.5 Å². The van der Waals surface area contributed by atoms with Crippen LogP contribution >= 0.6 is 11.8 Å². The van der Waals surface area contributed by atoms with Gasteiger partial charge >= 0.3 is 0 Å². The number of aryl methyl sites for hydroxylation is 1. The second kappa shape index (κ2) is 9.66. The number of nitrogens with zero attached hydrogens (tertiary/aromatic N) is 4. The summed E-state index contributed by atoms with van der Waals surface area (Å²) < 4.78 is 34.0. The van der Waals surface area contributed by atoms with Crippen LogP contribution in [0.2, 0.25) is 0 Å². The smallest absolute Gasteiger partial charge is 0.237 e. The fourth-order valence-electron chi connectivity index (χ4n) is 3.26. The first-order valence-electron chi connectivity index (χ1n) is 10.2. The van der Waals surface area contributed by atoms with E-state index in [1.54, 1.807) is 6.92 Å². The molecule has 1 fully saturated rings. The zero-order valence-electron chi connectivity index (χ0n) is 17.7. The van der Waals surface area contributed by atoms with E-state index in [0.29, 0.717) is 37.4 Å². The molecule has 32 heavy (non-hydrogen) atoms. The summed E-state index contributed by atoms with van der Waals surface area (Å²) in [5, 5.41) is 11.4. The predicted octanol–water partition coefficient (Wildman–Crippen LogP) is 3.81. The van der Waals surface area contributed by atoms with E-state index in [9.17, 15) is 13.6 Å². The van der Waals surface area contributed by atoms with Crippen LogP contribution in [0.3, 0.4) is 0 Å². The van der Waals surface area contributed by atoms with Crippen LogP contribution in [0, 0.1) is 18.6 Å². The number of thioether (sulfide) groups is 1. The molecule has 0 radical (unpaired) electrons. The lowest BCUT2D eigenvalue weighted by atomic mass is 10.2. The van der Waals surface area contributed by atoms with Crippen molar-refractivity contribution in [3.05, 3.63) is 59.7 Å². The number of rotatable bonds is 6. The third-order valence-electron chi connectivity index (χ3n) is 5.04. The number of halogens is 2. The number of carbonyl (C=O) groups is 1. The average molecular weight is 460 g/mol. The van der Waals surface area contributed by atoms with Crippen molar-refractivity contribution >= 4 is 29.3 Å². The lowest BCUT2D eigenvalue weighted by Crippen LogP contribution is -2.38. The highest BCUT2D eigenvalue weighted by atomic mass is 32.2. The van der Waals surface area contributed by atoms with Crippen LogP contribution in [-0.2, 0) is 9.53 Å². The maximum Gasteiger partial charge on any atom is 0.237 e. The molecule has 2 heterocycles. The van der Waals surface area contributed by atoms with Crippen molar-refractivity contribution in [2.75, 3.05) is 36.5 Å². The molecule has 1 aliphatic heterocycles. The molecule has 168 valence electrons. The monoisotopic (exact) mass is 459 g/mol. The molecule has 7 nitrogen and oxygen atoms in total. The van der Waals surface area contributed by atoms with Crippen molar-refractivity contribution in [1.82, 2.24) is 14.8 Å². The Bertz CT molecular complexity index is 1100. The summed E-state index contributed by atoms with van der Waals surface area (Å²) in [6.07, 6.45) is 0. The number of carbonyl (C=O) groups excluding carboxylic acids is 1. The summed E-state index contributed by atoms with van der Waals surface area (Å²) in [6, 6.07) is 11.2. The molecule has 0 bridgehead atoms. The van der Waals surface area contributed by atoms with Gasteiger partial charge in [0.05, 0.1) is 24.2 Å². The zero-order chi connectivity index (χ0) is 22.7. The number of aromatic nitrogens is 3. The van der Waals surface area contributed by atoms with Crippen LogP contribution in [0.25, 0.3) is 5.69 Å². The number of hydrogen-bond acceptors (Lipinski definition) is 6. The van der Waals surface area contributed by atoms with Gasteiger partial charge in [-0.3, -0.25) is 9.36 Å². The SMILES string of the molecule is Cc1ccc(-n2c(SC(C)C(=O)Nc3ccc(F)c(F)c3)nnc2N2CCOCC2)cc1. The van der Waals surface area contributed by atoms with E-state index < -0.39 is 16.9 Å². The van der Waals surface area contributed by atoms with Crippen LogP contribution < -0.4 is 10.2 Å². The van der Waals surface area contributed by atoms with Gasteiger partial charge in [0.2, 0.25) is 11.9 Å². The van der Waals surface area contributed by atoms with Crippen LogP contribution in [0.4, 0.5) is 20.4 Å². The molecule has 4 rings (SSSR count). The van der Waals surface area contributed by atoms with E-state index >= 15 is 0 Å². The lowest BCUT2D eigenvalue weighted by molar-refractivity contribution is -0.115. The van der Waals surface area contributed by atoms with Gasteiger partial charge in [-0.05, 0) is 38.1 Å². The van der Waals surface area contributed by atoms with Gasteiger partial charge in [0.25, 0.3) is 0 Å². The quantitative estimate of drug-likeness (QED) is 0.566. The molecule has 1 amide bonds. The molecule has 1 aromatic heterocycles. The Morgan fingerprint density at radius 2 is 1.81 bits per heavy atom. The van der Waals surface area contributed by atoms with Crippen molar-refractivity contribution in [3.8, 4) is 5.69 Å². The first-order valence-corrected chi connectivity index (χ1v) is 11.1. The summed E-state index contributed by atoms with van der Waals surface area (Å²) >= 11 is 1.24. The zero-order valence-corrected chi connectivity index (χ0v) is 18.5.